The molecule has 0 saturated carbocycles. The van der Waals surface area contributed by atoms with Crippen LogP contribution in [0.2, 0.25) is 0 Å². The Morgan fingerprint density at radius 1 is 1.43 bits per heavy atom. The number of rotatable bonds is 2. The second kappa shape index (κ2) is 3.56. The summed E-state index contributed by atoms with van der Waals surface area (Å²) in [5.41, 5.74) is -2.82. The summed E-state index contributed by atoms with van der Waals surface area (Å²) in [4.78, 5) is 11.2. The standard InChI is InChI=1S/C6H2F4N2O2/c7-3-1-2(5(8)9)4(12(13)14)6(10)11-3/h1,5H. The Labute approximate surface area is 74.3 Å². The van der Waals surface area contributed by atoms with Gasteiger partial charge in [0.25, 0.3) is 12.4 Å². The fraction of sp³-hybridized carbons (Fsp3) is 0.167. The van der Waals surface area contributed by atoms with Crippen LogP contribution in [0.3, 0.4) is 0 Å². The van der Waals surface area contributed by atoms with E-state index >= 15 is 0 Å². The second-order valence-electron chi connectivity index (χ2n) is 2.23. The molecule has 0 amide bonds. The van der Waals surface area contributed by atoms with Gasteiger partial charge in [0.15, 0.2) is 0 Å². The van der Waals surface area contributed by atoms with E-state index < -0.39 is 34.5 Å². The third-order valence-electron chi connectivity index (χ3n) is 1.37. The van der Waals surface area contributed by atoms with Gasteiger partial charge in [0.2, 0.25) is 5.95 Å². The van der Waals surface area contributed by atoms with Crippen LogP contribution < -0.4 is 0 Å². The Bertz CT molecular complexity index is 382. The molecule has 0 aliphatic rings. The predicted octanol–water partition coefficient (Wildman–Crippen LogP) is 2.21. The normalized spacial score (nSPS) is 10.6. The Morgan fingerprint density at radius 3 is 2.43 bits per heavy atom. The maximum atomic E-state index is 12.6. The lowest BCUT2D eigenvalue weighted by Crippen LogP contribution is -2.03. The van der Waals surface area contributed by atoms with Gasteiger partial charge in [-0.1, -0.05) is 0 Å². The molecule has 0 N–H and O–H groups in total. The van der Waals surface area contributed by atoms with Crippen molar-refractivity contribution in [2.75, 3.05) is 0 Å². The number of hydrogen-bond acceptors (Lipinski definition) is 3. The van der Waals surface area contributed by atoms with Crippen molar-refractivity contribution in [1.29, 1.82) is 0 Å². The average molecular weight is 210 g/mol. The highest BCUT2D eigenvalue weighted by Gasteiger charge is 2.28. The van der Waals surface area contributed by atoms with Crippen LogP contribution in [0.1, 0.15) is 12.0 Å². The first kappa shape index (κ1) is 10.4. The highest BCUT2D eigenvalue weighted by molar-refractivity contribution is 5.39. The molecule has 1 aromatic heterocycles. The van der Waals surface area contributed by atoms with Gasteiger partial charge in [-0.3, -0.25) is 10.1 Å². The number of hydrogen-bond donors (Lipinski definition) is 0. The van der Waals surface area contributed by atoms with Gasteiger partial charge in [-0.2, -0.15) is 13.8 Å². The Balaban J connectivity index is 3.44. The summed E-state index contributed by atoms with van der Waals surface area (Å²) in [5, 5.41) is 10.1. The molecule has 0 radical (unpaired) electrons. The Morgan fingerprint density at radius 2 is 2.00 bits per heavy atom. The lowest BCUT2D eigenvalue weighted by atomic mass is 10.2. The van der Waals surface area contributed by atoms with Crippen molar-refractivity contribution < 1.29 is 22.5 Å². The van der Waals surface area contributed by atoms with Gasteiger partial charge < -0.3 is 0 Å². The summed E-state index contributed by atoms with van der Waals surface area (Å²) < 4.78 is 49.1. The van der Waals surface area contributed by atoms with Gasteiger partial charge in [0.1, 0.15) is 5.56 Å². The SMILES string of the molecule is O=[N+]([O-])c1c(C(F)F)cc(F)nc1F. The van der Waals surface area contributed by atoms with Crippen LogP contribution in [0, 0.1) is 22.0 Å². The van der Waals surface area contributed by atoms with E-state index in [4.69, 9.17) is 0 Å². The summed E-state index contributed by atoms with van der Waals surface area (Å²) in [6.45, 7) is 0. The zero-order valence-electron chi connectivity index (χ0n) is 6.38. The highest BCUT2D eigenvalue weighted by Crippen LogP contribution is 2.30. The average Bonchev–Trinajstić information content (AvgIpc) is 2.01. The summed E-state index contributed by atoms with van der Waals surface area (Å²) in [7, 11) is 0. The molecule has 0 aliphatic carbocycles. The van der Waals surface area contributed by atoms with Gasteiger partial charge in [-0.25, -0.2) is 8.78 Å². The summed E-state index contributed by atoms with van der Waals surface area (Å²) >= 11 is 0. The first-order valence-corrected chi connectivity index (χ1v) is 3.22. The minimum Gasteiger partial charge on any atom is -0.258 e. The third-order valence-corrected chi connectivity index (χ3v) is 1.37. The number of halogens is 4. The smallest absolute Gasteiger partial charge is 0.258 e. The minimum absolute atomic E-state index is 0.131. The van der Waals surface area contributed by atoms with Crippen molar-refractivity contribution in [1.82, 2.24) is 4.98 Å². The van der Waals surface area contributed by atoms with E-state index in [1.54, 1.807) is 0 Å². The third kappa shape index (κ3) is 1.78. The Kier molecular flexibility index (Phi) is 2.63. The number of aromatic nitrogens is 1. The van der Waals surface area contributed by atoms with Gasteiger partial charge in [-0.15, -0.1) is 0 Å². The zero-order chi connectivity index (χ0) is 10.9. The molecule has 14 heavy (non-hydrogen) atoms. The summed E-state index contributed by atoms with van der Waals surface area (Å²) in [6, 6.07) is 0.131. The maximum absolute atomic E-state index is 12.6. The van der Waals surface area contributed by atoms with Crippen LogP contribution in [-0.4, -0.2) is 9.91 Å². The molecule has 0 aromatic carbocycles. The van der Waals surface area contributed by atoms with Crippen molar-refractivity contribution in [2.45, 2.75) is 6.43 Å². The maximum Gasteiger partial charge on any atom is 0.333 e. The number of nitro groups is 1. The van der Waals surface area contributed by atoms with Crippen LogP contribution in [0.15, 0.2) is 6.07 Å². The molecule has 0 bridgehead atoms. The van der Waals surface area contributed by atoms with E-state index in [2.05, 4.69) is 4.98 Å². The van der Waals surface area contributed by atoms with Crippen LogP contribution in [0.25, 0.3) is 0 Å². The molecule has 1 aromatic rings. The first-order valence-electron chi connectivity index (χ1n) is 3.22. The number of alkyl halides is 2. The summed E-state index contributed by atoms with van der Waals surface area (Å²) in [6.07, 6.45) is -3.33. The van der Waals surface area contributed by atoms with Crippen LogP contribution in [-0.2, 0) is 0 Å². The molecule has 0 spiro atoms. The fourth-order valence-electron chi connectivity index (χ4n) is 0.842. The quantitative estimate of drug-likeness (QED) is 0.325. The summed E-state index contributed by atoms with van der Waals surface area (Å²) in [5.74, 6) is -3.38. The highest BCUT2D eigenvalue weighted by atomic mass is 19.3. The zero-order valence-corrected chi connectivity index (χ0v) is 6.38. The monoisotopic (exact) mass is 210 g/mol. The van der Waals surface area contributed by atoms with Crippen molar-refractivity contribution in [3.63, 3.8) is 0 Å². The van der Waals surface area contributed by atoms with E-state index in [-0.39, 0.29) is 6.07 Å². The van der Waals surface area contributed by atoms with E-state index in [0.29, 0.717) is 0 Å². The van der Waals surface area contributed by atoms with E-state index in [1.165, 1.54) is 0 Å². The largest absolute Gasteiger partial charge is 0.333 e. The van der Waals surface area contributed by atoms with Crippen LogP contribution >= 0.6 is 0 Å². The van der Waals surface area contributed by atoms with Gasteiger partial charge in [0, 0.05) is 6.07 Å². The van der Waals surface area contributed by atoms with Gasteiger partial charge >= 0.3 is 5.69 Å². The molecule has 0 atom stereocenters. The molecule has 0 fully saturated rings. The molecular weight excluding hydrogens is 208 g/mol. The van der Waals surface area contributed by atoms with Gasteiger partial charge in [-0.05, 0) is 0 Å². The molecule has 8 heteroatoms. The van der Waals surface area contributed by atoms with Crippen molar-refractivity contribution in [3.8, 4) is 0 Å². The van der Waals surface area contributed by atoms with E-state index in [1.807, 2.05) is 0 Å². The lowest BCUT2D eigenvalue weighted by Gasteiger charge is -2.01. The number of pyridine rings is 1. The lowest BCUT2D eigenvalue weighted by molar-refractivity contribution is -0.389. The topological polar surface area (TPSA) is 56.0 Å². The molecular formula is C6H2F4N2O2. The molecule has 0 unspecified atom stereocenters. The molecule has 1 heterocycles. The molecule has 0 saturated heterocycles. The second-order valence-corrected chi connectivity index (χ2v) is 2.23. The minimum atomic E-state index is -3.33. The van der Waals surface area contributed by atoms with E-state index in [9.17, 15) is 27.7 Å². The molecule has 4 nitrogen and oxygen atoms in total. The van der Waals surface area contributed by atoms with E-state index in [0.717, 1.165) is 0 Å². The van der Waals surface area contributed by atoms with Gasteiger partial charge in [0.05, 0.1) is 4.92 Å². The van der Waals surface area contributed by atoms with Crippen LogP contribution in [0.4, 0.5) is 23.2 Å². The number of nitrogens with zero attached hydrogens (tertiary/aromatic N) is 2. The molecule has 1 rings (SSSR count). The first-order chi connectivity index (χ1) is 6.43. The molecule has 76 valence electrons. The van der Waals surface area contributed by atoms with Crippen LogP contribution in [0.5, 0.6) is 0 Å². The fourth-order valence-corrected chi connectivity index (χ4v) is 0.842. The predicted molar refractivity (Wildman–Crippen MR) is 35.8 cm³/mol. The molecule has 0 aliphatic heterocycles. The van der Waals surface area contributed by atoms with Crippen molar-refractivity contribution in [3.05, 3.63) is 33.6 Å². The van der Waals surface area contributed by atoms with Crippen molar-refractivity contribution in [2.24, 2.45) is 0 Å². The van der Waals surface area contributed by atoms with Crippen molar-refractivity contribution >= 4 is 5.69 Å². The Hall–Kier alpha value is -1.73.